The van der Waals surface area contributed by atoms with E-state index in [0.29, 0.717) is 0 Å². The lowest BCUT2D eigenvalue weighted by molar-refractivity contribution is 1.18. The molecule has 0 aliphatic rings. The van der Waals surface area contributed by atoms with Gasteiger partial charge < -0.3 is 5.32 Å². The summed E-state index contributed by atoms with van der Waals surface area (Å²) in [6.45, 7) is 0.863. The van der Waals surface area contributed by atoms with E-state index in [4.69, 9.17) is 0 Å². The molecule has 1 N–H and O–H groups in total. The Labute approximate surface area is 127 Å². The van der Waals surface area contributed by atoms with Crippen molar-refractivity contribution in [2.75, 3.05) is 5.32 Å². The summed E-state index contributed by atoms with van der Waals surface area (Å²) in [5, 5.41) is 9.70. The first-order chi connectivity index (χ1) is 10.4. The molecule has 0 saturated heterocycles. The Bertz CT molecular complexity index is 907. The van der Waals surface area contributed by atoms with Crippen molar-refractivity contribution in [1.82, 2.24) is 0 Å². The first-order valence-corrected chi connectivity index (χ1v) is 7.96. The van der Waals surface area contributed by atoms with Crippen LogP contribution in [0.1, 0.15) is 5.56 Å². The molecule has 102 valence electrons. The van der Waals surface area contributed by atoms with Crippen molar-refractivity contribution in [2.24, 2.45) is 0 Å². The van der Waals surface area contributed by atoms with Gasteiger partial charge in [0.05, 0.1) is 0 Å². The van der Waals surface area contributed by atoms with Crippen LogP contribution in [-0.2, 0) is 6.54 Å². The minimum absolute atomic E-state index is 0.863. The molecule has 0 aliphatic heterocycles. The van der Waals surface area contributed by atoms with Gasteiger partial charge in [-0.2, -0.15) is 0 Å². The minimum Gasteiger partial charge on any atom is -0.381 e. The average molecular weight is 289 g/mol. The van der Waals surface area contributed by atoms with Crippen LogP contribution in [0.2, 0.25) is 0 Å². The number of hydrogen-bond acceptors (Lipinski definition) is 2. The molecule has 3 aromatic carbocycles. The summed E-state index contributed by atoms with van der Waals surface area (Å²) in [4.78, 5) is 0. The largest absolute Gasteiger partial charge is 0.381 e. The van der Waals surface area contributed by atoms with Crippen molar-refractivity contribution < 1.29 is 0 Å². The predicted molar refractivity (Wildman–Crippen MR) is 93.1 cm³/mol. The number of thiophene rings is 1. The van der Waals surface area contributed by atoms with Gasteiger partial charge in [0, 0.05) is 16.9 Å². The van der Waals surface area contributed by atoms with Gasteiger partial charge in [0.2, 0.25) is 0 Å². The normalized spacial score (nSPS) is 11.0. The summed E-state index contributed by atoms with van der Waals surface area (Å²) >= 11 is 1.81. The third-order valence-electron chi connectivity index (χ3n) is 3.79. The first kappa shape index (κ1) is 12.4. The SMILES string of the molecule is c1ccc2cc(NCc3csc4ccccc34)ccc2c1. The monoisotopic (exact) mass is 289 g/mol. The van der Waals surface area contributed by atoms with E-state index in [0.717, 1.165) is 6.54 Å². The van der Waals surface area contributed by atoms with Crippen molar-refractivity contribution in [3.8, 4) is 0 Å². The van der Waals surface area contributed by atoms with Crippen LogP contribution in [0.15, 0.2) is 72.1 Å². The van der Waals surface area contributed by atoms with Crippen LogP contribution >= 0.6 is 11.3 Å². The second-order valence-corrected chi connectivity index (χ2v) is 6.08. The molecule has 0 aliphatic carbocycles. The van der Waals surface area contributed by atoms with Crippen LogP contribution in [0.25, 0.3) is 20.9 Å². The lowest BCUT2D eigenvalue weighted by Crippen LogP contribution is -1.98. The fourth-order valence-electron chi connectivity index (χ4n) is 2.67. The molecule has 1 nitrogen and oxygen atoms in total. The number of fused-ring (bicyclic) bond motifs is 2. The molecule has 0 bridgehead atoms. The summed E-state index contributed by atoms with van der Waals surface area (Å²) in [7, 11) is 0. The van der Waals surface area contributed by atoms with E-state index in [1.807, 2.05) is 11.3 Å². The van der Waals surface area contributed by atoms with E-state index >= 15 is 0 Å². The van der Waals surface area contributed by atoms with Crippen LogP contribution in [0, 0.1) is 0 Å². The van der Waals surface area contributed by atoms with E-state index in [1.165, 1.54) is 32.1 Å². The van der Waals surface area contributed by atoms with Crippen molar-refractivity contribution in [3.63, 3.8) is 0 Å². The number of rotatable bonds is 3. The van der Waals surface area contributed by atoms with Crippen molar-refractivity contribution in [2.45, 2.75) is 6.54 Å². The fraction of sp³-hybridized carbons (Fsp3) is 0.0526. The van der Waals surface area contributed by atoms with E-state index in [9.17, 15) is 0 Å². The van der Waals surface area contributed by atoms with Crippen LogP contribution in [0.4, 0.5) is 5.69 Å². The number of benzene rings is 3. The van der Waals surface area contributed by atoms with Gasteiger partial charge in [-0.05, 0) is 45.3 Å². The molecule has 0 unspecified atom stereocenters. The summed E-state index contributed by atoms with van der Waals surface area (Å²) in [5.74, 6) is 0. The average Bonchev–Trinajstić information content (AvgIpc) is 2.96. The fourth-order valence-corrected chi connectivity index (χ4v) is 3.63. The van der Waals surface area contributed by atoms with E-state index in [-0.39, 0.29) is 0 Å². The Kier molecular flexibility index (Phi) is 3.09. The van der Waals surface area contributed by atoms with E-state index in [2.05, 4.69) is 77.4 Å². The highest BCUT2D eigenvalue weighted by Gasteiger charge is 2.03. The molecule has 21 heavy (non-hydrogen) atoms. The topological polar surface area (TPSA) is 12.0 Å². The minimum atomic E-state index is 0.863. The third-order valence-corrected chi connectivity index (χ3v) is 4.81. The smallest absolute Gasteiger partial charge is 0.0415 e. The molecule has 0 spiro atoms. The van der Waals surface area contributed by atoms with Gasteiger partial charge in [-0.15, -0.1) is 11.3 Å². The van der Waals surface area contributed by atoms with Gasteiger partial charge in [0.25, 0.3) is 0 Å². The number of nitrogens with one attached hydrogen (secondary N) is 1. The molecule has 0 saturated carbocycles. The third kappa shape index (κ3) is 2.39. The van der Waals surface area contributed by atoms with Crippen molar-refractivity contribution >= 4 is 37.9 Å². The molecule has 2 heteroatoms. The molecule has 4 rings (SSSR count). The molecule has 1 aromatic heterocycles. The van der Waals surface area contributed by atoms with Crippen LogP contribution in [-0.4, -0.2) is 0 Å². The lowest BCUT2D eigenvalue weighted by Gasteiger charge is -2.07. The second-order valence-electron chi connectivity index (χ2n) is 5.17. The van der Waals surface area contributed by atoms with Gasteiger partial charge >= 0.3 is 0 Å². The van der Waals surface area contributed by atoms with Crippen LogP contribution in [0.3, 0.4) is 0 Å². The Morgan fingerprint density at radius 3 is 2.57 bits per heavy atom. The predicted octanol–water partition coefficient (Wildman–Crippen LogP) is 5.67. The van der Waals surface area contributed by atoms with E-state index in [1.54, 1.807) is 0 Å². The zero-order chi connectivity index (χ0) is 14.1. The quantitative estimate of drug-likeness (QED) is 0.512. The molecule has 0 radical (unpaired) electrons. The van der Waals surface area contributed by atoms with Crippen LogP contribution in [0.5, 0.6) is 0 Å². The number of anilines is 1. The highest BCUT2D eigenvalue weighted by atomic mass is 32.1. The van der Waals surface area contributed by atoms with Gasteiger partial charge in [-0.3, -0.25) is 0 Å². The number of hydrogen-bond donors (Lipinski definition) is 1. The van der Waals surface area contributed by atoms with Crippen molar-refractivity contribution in [3.05, 3.63) is 77.7 Å². The summed E-state index contributed by atoms with van der Waals surface area (Å²) < 4.78 is 1.35. The van der Waals surface area contributed by atoms with Crippen LogP contribution < -0.4 is 5.32 Å². The van der Waals surface area contributed by atoms with Gasteiger partial charge in [0.15, 0.2) is 0 Å². The highest BCUT2D eigenvalue weighted by Crippen LogP contribution is 2.26. The lowest BCUT2D eigenvalue weighted by atomic mass is 10.1. The molecular formula is C19H15NS. The Hall–Kier alpha value is -2.32. The zero-order valence-corrected chi connectivity index (χ0v) is 12.4. The zero-order valence-electron chi connectivity index (χ0n) is 11.5. The molecule has 0 amide bonds. The van der Waals surface area contributed by atoms with Gasteiger partial charge in [0.1, 0.15) is 0 Å². The standard InChI is InChI=1S/C19H15NS/c1-2-6-15-11-17(10-9-14(15)5-1)20-12-16-13-21-19-8-4-3-7-18(16)19/h1-11,13,20H,12H2. The maximum Gasteiger partial charge on any atom is 0.0415 e. The van der Waals surface area contributed by atoms with E-state index < -0.39 is 0 Å². The van der Waals surface area contributed by atoms with Gasteiger partial charge in [-0.1, -0.05) is 48.5 Å². The summed E-state index contributed by atoms with van der Waals surface area (Å²) in [6.07, 6.45) is 0. The molecular weight excluding hydrogens is 274 g/mol. The second kappa shape index (κ2) is 5.23. The van der Waals surface area contributed by atoms with Gasteiger partial charge in [-0.25, -0.2) is 0 Å². The first-order valence-electron chi connectivity index (χ1n) is 7.08. The molecule has 0 atom stereocenters. The maximum absolute atomic E-state index is 3.54. The summed E-state index contributed by atoms with van der Waals surface area (Å²) in [6, 6.07) is 23.6. The molecule has 0 fully saturated rings. The Morgan fingerprint density at radius 1 is 0.810 bits per heavy atom. The van der Waals surface area contributed by atoms with Crippen molar-refractivity contribution in [1.29, 1.82) is 0 Å². The molecule has 1 heterocycles. The Balaban J connectivity index is 1.60. The highest BCUT2D eigenvalue weighted by molar-refractivity contribution is 7.17. The maximum atomic E-state index is 3.54. The Morgan fingerprint density at radius 2 is 1.62 bits per heavy atom. The molecule has 4 aromatic rings. The summed E-state index contributed by atoms with van der Waals surface area (Å²) in [5.41, 5.74) is 2.53.